The molecule has 0 fully saturated rings. The zero-order valence-electron chi connectivity index (χ0n) is 10.9. The van der Waals surface area contributed by atoms with Crippen LogP contribution < -0.4 is 4.74 Å². The fourth-order valence-corrected chi connectivity index (χ4v) is 1.88. The van der Waals surface area contributed by atoms with Gasteiger partial charge in [0, 0.05) is 25.0 Å². The Morgan fingerprint density at radius 1 is 1.39 bits per heavy atom. The molecular formula is C14H17FN2O. The molecule has 0 unspecified atom stereocenters. The smallest absolute Gasteiger partial charge is 0.146 e. The summed E-state index contributed by atoms with van der Waals surface area (Å²) in [5.74, 6) is 1.27. The van der Waals surface area contributed by atoms with E-state index in [2.05, 4.69) is 4.98 Å². The van der Waals surface area contributed by atoms with Crippen LogP contribution in [0.15, 0.2) is 30.6 Å². The lowest BCUT2D eigenvalue weighted by Crippen LogP contribution is -2.06. The lowest BCUT2D eigenvalue weighted by molar-refractivity contribution is 0.285. The highest BCUT2D eigenvalue weighted by molar-refractivity contribution is 5.36. The maximum Gasteiger partial charge on any atom is 0.146 e. The van der Waals surface area contributed by atoms with Gasteiger partial charge in [-0.25, -0.2) is 9.37 Å². The van der Waals surface area contributed by atoms with E-state index in [1.165, 1.54) is 6.07 Å². The number of benzene rings is 1. The minimum atomic E-state index is -0.220. The van der Waals surface area contributed by atoms with Crippen LogP contribution >= 0.6 is 0 Å². The minimum absolute atomic E-state index is 0.0857. The Bertz CT molecular complexity index is 534. The molecule has 96 valence electrons. The van der Waals surface area contributed by atoms with Crippen molar-refractivity contribution in [2.24, 2.45) is 7.05 Å². The molecule has 0 saturated heterocycles. The Labute approximate surface area is 106 Å². The van der Waals surface area contributed by atoms with Gasteiger partial charge in [0.05, 0.1) is 0 Å². The van der Waals surface area contributed by atoms with Gasteiger partial charge < -0.3 is 9.30 Å². The Kier molecular flexibility index (Phi) is 3.65. The molecule has 0 amide bonds. The topological polar surface area (TPSA) is 27.1 Å². The van der Waals surface area contributed by atoms with Crippen LogP contribution in [-0.4, -0.2) is 9.55 Å². The summed E-state index contributed by atoms with van der Waals surface area (Å²) < 4.78 is 21.3. The predicted octanol–water partition coefficient (Wildman–Crippen LogP) is 3.26. The molecule has 0 spiro atoms. The van der Waals surface area contributed by atoms with E-state index in [0.717, 1.165) is 5.82 Å². The average molecular weight is 248 g/mol. The van der Waals surface area contributed by atoms with Crippen LogP contribution in [0, 0.1) is 5.82 Å². The Morgan fingerprint density at radius 3 is 2.78 bits per heavy atom. The Balaban J connectivity index is 2.19. The van der Waals surface area contributed by atoms with Crippen LogP contribution in [0.5, 0.6) is 5.75 Å². The molecule has 0 aliphatic heterocycles. The van der Waals surface area contributed by atoms with E-state index in [1.807, 2.05) is 31.7 Å². The van der Waals surface area contributed by atoms with Crippen molar-refractivity contribution in [2.75, 3.05) is 0 Å². The van der Waals surface area contributed by atoms with Gasteiger partial charge in [0.25, 0.3) is 0 Å². The molecule has 0 saturated carbocycles. The second-order valence-electron chi connectivity index (χ2n) is 4.55. The van der Waals surface area contributed by atoms with Gasteiger partial charge in [0.1, 0.15) is 24.0 Å². The summed E-state index contributed by atoms with van der Waals surface area (Å²) in [5.41, 5.74) is 0.617. The van der Waals surface area contributed by atoms with E-state index in [9.17, 15) is 4.39 Å². The maximum atomic E-state index is 13.7. The average Bonchev–Trinajstić information content (AvgIpc) is 2.71. The van der Waals surface area contributed by atoms with Gasteiger partial charge in [-0.1, -0.05) is 19.9 Å². The van der Waals surface area contributed by atoms with Crippen molar-refractivity contribution in [3.05, 3.63) is 47.8 Å². The van der Waals surface area contributed by atoms with Crippen LogP contribution in [0.4, 0.5) is 4.39 Å². The fourth-order valence-electron chi connectivity index (χ4n) is 1.88. The van der Waals surface area contributed by atoms with Crippen LogP contribution in [-0.2, 0) is 13.7 Å². The van der Waals surface area contributed by atoms with Gasteiger partial charge >= 0.3 is 0 Å². The molecule has 1 aromatic heterocycles. The summed E-state index contributed by atoms with van der Waals surface area (Å²) in [7, 11) is 1.90. The zero-order valence-corrected chi connectivity index (χ0v) is 10.9. The Hall–Kier alpha value is -1.84. The molecule has 18 heavy (non-hydrogen) atoms. The summed E-state index contributed by atoms with van der Waals surface area (Å²) in [6.45, 7) is 4.24. The number of nitrogens with zero attached hydrogens (tertiary/aromatic N) is 2. The van der Waals surface area contributed by atoms with Gasteiger partial charge in [0.15, 0.2) is 0 Å². The van der Waals surface area contributed by atoms with Crippen LogP contribution in [0.1, 0.15) is 31.2 Å². The number of hydrogen-bond donors (Lipinski definition) is 0. The number of aryl methyl sites for hydroxylation is 1. The molecule has 4 heteroatoms. The lowest BCUT2D eigenvalue weighted by atomic mass is 10.0. The molecule has 2 rings (SSSR count). The quantitative estimate of drug-likeness (QED) is 0.830. The highest BCUT2D eigenvalue weighted by atomic mass is 19.1. The van der Waals surface area contributed by atoms with Crippen molar-refractivity contribution >= 4 is 0 Å². The molecule has 0 N–H and O–H groups in total. The molecule has 0 aliphatic rings. The summed E-state index contributed by atoms with van der Waals surface area (Å²) in [5, 5.41) is 0. The molecule has 0 aliphatic carbocycles. The highest BCUT2D eigenvalue weighted by Gasteiger charge is 2.13. The zero-order chi connectivity index (χ0) is 13.1. The SMILES string of the molecule is CC(C)c1c(F)cccc1OCc1nccn1C. The first kappa shape index (κ1) is 12.6. The maximum absolute atomic E-state index is 13.7. The van der Waals surface area contributed by atoms with E-state index in [1.54, 1.807) is 18.3 Å². The second-order valence-corrected chi connectivity index (χ2v) is 4.55. The molecule has 1 heterocycles. The number of imidazole rings is 1. The highest BCUT2D eigenvalue weighted by Crippen LogP contribution is 2.29. The molecule has 0 radical (unpaired) electrons. The third-order valence-electron chi connectivity index (χ3n) is 2.87. The van der Waals surface area contributed by atoms with E-state index in [0.29, 0.717) is 17.9 Å². The minimum Gasteiger partial charge on any atom is -0.485 e. The van der Waals surface area contributed by atoms with Crippen molar-refractivity contribution in [1.29, 1.82) is 0 Å². The monoisotopic (exact) mass is 248 g/mol. The van der Waals surface area contributed by atoms with Crippen molar-refractivity contribution in [3.8, 4) is 5.75 Å². The van der Waals surface area contributed by atoms with E-state index >= 15 is 0 Å². The van der Waals surface area contributed by atoms with E-state index < -0.39 is 0 Å². The lowest BCUT2D eigenvalue weighted by Gasteiger charge is -2.14. The third-order valence-corrected chi connectivity index (χ3v) is 2.87. The number of ether oxygens (including phenoxy) is 1. The summed E-state index contributed by atoms with van der Waals surface area (Å²) in [6, 6.07) is 4.92. The molecule has 1 aromatic carbocycles. The largest absolute Gasteiger partial charge is 0.485 e. The molecule has 0 atom stereocenters. The normalized spacial score (nSPS) is 10.9. The second kappa shape index (κ2) is 5.21. The summed E-state index contributed by atoms with van der Waals surface area (Å²) >= 11 is 0. The van der Waals surface area contributed by atoms with Gasteiger partial charge in [0.2, 0.25) is 0 Å². The molecule has 2 aromatic rings. The van der Waals surface area contributed by atoms with Crippen LogP contribution in [0.25, 0.3) is 0 Å². The van der Waals surface area contributed by atoms with Crippen LogP contribution in [0.2, 0.25) is 0 Å². The van der Waals surface area contributed by atoms with Crippen molar-refractivity contribution in [2.45, 2.75) is 26.4 Å². The summed E-state index contributed by atoms with van der Waals surface area (Å²) in [4.78, 5) is 4.17. The molecule has 3 nitrogen and oxygen atoms in total. The first-order valence-electron chi connectivity index (χ1n) is 5.97. The predicted molar refractivity (Wildman–Crippen MR) is 68.0 cm³/mol. The number of rotatable bonds is 4. The van der Waals surface area contributed by atoms with Gasteiger partial charge in [-0.15, -0.1) is 0 Å². The van der Waals surface area contributed by atoms with Crippen LogP contribution in [0.3, 0.4) is 0 Å². The molecule has 0 bridgehead atoms. The van der Waals surface area contributed by atoms with Gasteiger partial charge in [-0.3, -0.25) is 0 Å². The Morgan fingerprint density at radius 2 is 2.17 bits per heavy atom. The first-order valence-corrected chi connectivity index (χ1v) is 5.97. The number of halogens is 1. The van der Waals surface area contributed by atoms with Gasteiger partial charge in [-0.2, -0.15) is 0 Å². The molecular weight excluding hydrogens is 231 g/mol. The third kappa shape index (κ3) is 2.53. The van der Waals surface area contributed by atoms with Crippen molar-refractivity contribution in [1.82, 2.24) is 9.55 Å². The number of aromatic nitrogens is 2. The fraction of sp³-hybridized carbons (Fsp3) is 0.357. The first-order chi connectivity index (χ1) is 8.59. The summed E-state index contributed by atoms with van der Waals surface area (Å²) in [6.07, 6.45) is 3.57. The van der Waals surface area contributed by atoms with E-state index in [-0.39, 0.29) is 11.7 Å². The number of hydrogen-bond acceptors (Lipinski definition) is 2. The standard InChI is InChI=1S/C14H17FN2O/c1-10(2)14-11(15)5-4-6-12(14)18-9-13-16-7-8-17(13)3/h4-8,10H,9H2,1-3H3. The van der Waals surface area contributed by atoms with Crippen molar-refractivity contribution in [3.63, 3.8) is 0 Å². The van der Waals surface area contributed by atoms with E-state index in [4.69, 9.17) is 4.74 Å². The van der Waals surface area contributed by atoms with Crippen molar-refractivity contribution < 1.29 is 9.13 Å². The van der Waals surface area contributed by atoms with Gasteiger partial charge in [-0.05, 0) is 18.1 Å².